The van der Waals surface area contributed by atoms with Crippen LogP contribution in [0.3, 0.4) is 0 Å². The molecule has 0 spiro atoms. The summed E-state index contributed by atoms with van der Waals surface area (Å²) in [5.41, 5.74) is 0.362. The summed E-state index contributed by atoms with van der Waals surface area (Å²) in [5, 5.41) is 3.09. The summed E-state index contributed by atoms with van der Waals surface area (Å²) in [6, 6.07) is 4.60. The topological polar surface area (TPSA) is 64.6 Å². The quantitative estimate of drug-likeness (QED) is 0.586. The van der Waals surface area contributed by atoms with Gasteiger partial charge < -0.3 is 14.8 Å². The molecule has 1 aliphatic heterocycles. The Hall–Kier alpha value is -1.79. The Balaban J connectivity index is 2.02. The van der Waals surface area contributed by atoms with Gasteiger partial charge in [-0.3, -0.25) is 9.59 Å². The average molecular weight is 323 g/mol. The molecule has 2 atom stereocenters. The van der Waals surface area contributed by atoms with Gasteiger partial charge in [0.15, 0.2) is 5.78 Å². The molecule has 23 heavy (non-hydrogen) atoms. The lowest BCUT2D eigenvalue weighted by molar-refractivity contribution is -0.143. The number of nitrogens with one attached hydrogen (secondary N) is 1. The maximum absolute atomic E-state index is 13.0. The van der Waals surface area contributed by atoms with Gasteiger partial charge >= 0.3 is 5.97 Å². The zero-order chi connectivity index (χ0) is 16.7. The van der Waals surface area contributed by atoms with Crippen molar-refractivity contribution in [1.82, 2.24) is 5.32 Å². The van der Waals surface area contributed by atoms with Gasteiger partial charge in [-0.05, 0) is 44.0 Å². The van der Waals surface area contributed by atoms with Crippen LogP contribution in [0.25, 0.3) is 0 Å². The number of carbonyl (C=O) groups excluding carboxylic acids is 2. The van der Waals surface area contributed by atoms with E-state index in [1.54, 1.807) is 6.92 Å². The monoisotopic (exact) mass is 323 g/mol. The van der Waals surface area contributed by atoms with Crippen LogP contribution in [0.4, 0.5) is 4.39 Å². The van der Waals surface area contributed by atoms with E-state index in [4.69, 9.17) is 9.47 Å². The largest absolute Gasteiger partial charge is 0.466 e. The number of ether oxygens (including phenoxy) is 2. The van der Waals surface area contributed by atoms with E-state index in [2.05, 4.69) is 5.32 Å². The molecule has 0 saturated carbocycles. The molecular formula is C17H22FNO4. The number of Topliss-reactive ketones (excluding diaryl/α,β-unsaturated/α-hetero) is 1. The summed E-state index contributed by atoms with van der Waals surface area (Å²) in [4.78, 5) is 24.3. The summed E-state index contributed by atoms with van der Waals surface area (Å²) < 4.78 is 23.4. The summed E-state index contributed by atoms with van der Waals surface area (Å²) in [6.07, 6.45) is 1.93. The zero-order valence-electron chi connectivity index (χ0n) is 13.2. The molecule has 2 rings (SSSR count). The summed E-state index contributed by atoms with van der Waals surface area (Å²) >= 11 is 0. The van der Waals surface area contributed by atoms with Crippen LogP contribution in [-0.4, -0.2) is 43.7 Å². The Morgan fingerprint density at radius 3 is 2.74 bits per heavy atom. The minimum Gasteiger partial charge on any atom is -0.466 e. The van der Waals surface area contributed by atoms with E-state index >= 15 is 0 Å². The van der Waals surface area contributed by atoms with Crippen LogP contribution in [-0.2, 0) is 14.3 Å². The fraction of sp³-hybridized carbons (Fsp3) is 0.529. The molecule has 1 saturated heterocycles. The van der Waals surface area contributed by atoms with Gasteiger partial charge in [-0.2, -0.15) is 0 Å². The molecule has 126 valence electrons. The Bertz CT molecular complexity index is 526. The highest BCUT2D eigenvalue weighted by Gasteiger charge is 2.25. The molecule has 0 amide bonds. The van der Waals surface area contributed by atoms with Crippen molar-refractivity contribution in [3.8, 4) is 0 Å². The molecule has 0 aromatic heterocycles. The zero-order valence-corrected chi connectivity index (χ0v) is 13.2. The van der Waals surface area contributed by atoms with Crippen molar-refractivity contribution < 1.29 is 23.5 Å². The third kappa shape index (κ3) is 5.41. The van der Waals surface area contributed by atoms with E-state index in [1.165, 1.54) is 24.3 Å². The maximum Gasteiger partial charge on any atom is 0.307 e. The first kappa shape index (κ1) is 17.6. The van der Waals surface area contributed by atoms with Gasteiger partial charge in [-0.1, -0.05) is 0 Å². The van der Waals surface area contributed by atoms with Crippen LogP contribution in [0.15, 0.2) is 24.3 Å². The summed E-state index contributed by atoms with van der Waals surface area (Å²) in [7, 11) is 0. The minimum atomic E-state index is -0.705. The van der Waals surface area contributed by atoms with Crippen LogP contribution in [0.2, 0.25) is 0 Å². The highest BCUT2D eigenvalue weighted by Crippen LogP contribution is 2.13. The molecule has 0 radical (unpaired) electrons. The van der Waals surface area contributed by atoms with Crippen molar-refractivity contribution in [2.75, 3.05) is 19.8 Å². The Kier molecular flexibility index (Phi) is 6.67. The first-order valence-electron chi connectivity index (χ1n) is 7.90. The van der Waals surface area contributed by atoms with Crippen LogP contribution >= 0.6 is 0 Å². The molecule has 6 heteroatoms. The Morgan fingerprint density at radius 2 is 2.13 bits per heavy atom. The number of hydrogen-bond donors (Lipinski definition) is 1. The molecule has 1 N–H and O–H groups in total. The van der Waals surface area contributed by atoms with Crippen LogP contribution in [0, 0.1) is 5.82 Å². The fourth-order valence-electron chi connectivity index (χ4n) is 2.54. The van der Waals surface area contributed by atoms with E-state index < -0.39 is 17.8 Å². The van der Waals surface area contributed by atoms with Gasteiger partial charge in [0.2, 0.25) is 0 Å². The summed E-state index contributed by atoms with van der Waals surface area (Å²) in [6.45, 7) is 3.20. The molecule has 1 aliphatic rings. The van der Waals surface area contributed by atoms with Gasteiger partial charge in [-0.25, -0.2) is 4.39 Å². The van der Waals surface area contributed by atoms with Crippen LogP contribution < -0.4 is 5.32 Å². The van der Waals surface area contributed by atoms with E-state index in [-0.39, 0.29) is 24.9 Å². The standard InChI is InChI=1S/C17H22FNO4/c1-2-22-16(20)10-15(19-11-14-4-3-9-23-14)17(21)12-5-7-13(18)8-6-12/h5-8,14-15,19H,2-4,9-11H2,1H3. The van der Waals surface area contributed by atoms with E-state index in [1.807, 2.05) is 0 Å². The van der Waals surface area contributed by atoms with Crippen LogP contribution in [0.5, 0.6) is 0 Å². The number of halogens is 1. The second kappa shape index (κ2) is 8.74. The number of benzene rings is 1. The highest BCUT2D eigenvalue weighted by molar-refractivity contribution is 6.01. The highest BCUT2D eigenvalue weighted by atomic mass is 19.1. The number of rotatable bonds is 8. The number of ketones is 1. The molecule has 5 nitrogen and oxygen atoms in total. The van der Waals surface area contributed by atoms with Crippen molar-refractivity contribution in [3.63, 3.8) is 0 Å². The first-order valence-corrected chi connectivity index (χ1v) is 7.90. The normalized spacial score (nSPS) is 18.6. The van der Waals surface area contributed by atoms with Crippen molar-refractivity contribution >= 4 is 11.8 Å². The summed E-state index contributed by atoms with van der Waals surface area (Å²) in [5.74, 6) is -1.10. The van der Waals surface area contributed by atoms with Gasteiger partial charge in [0.05, 0.1) is 25.2 Å². The van der Waals surface area contributed by atoms with E-state index in [0.29, 0.717) is 12.1 Å². The Morgan fingerprint density at radius 1 is 1.39 bits per heavy atom. The van der Waals surface area contributed by atoms with Gasteiger partial charge in [-0.15, -0.1) is 0 Å². The smallest absolute Gasteiger partial charge is 0.307 e. The molecule has 1 fully saturated rings. The average Bonchev–Trinajstić information content (AvgIpc) is 3.05. The van der Waals surface area contributed by atoms with Crippen molar-refractivity contribution in [3.05, 3.63) is 35.6 Å². The fourth-order valence-corrected chi connectivity index (χ4v) is 2.54. The molecule has 0 bridgehead atoms. The third-order valence-corrected chi connectivity index (χ3v) is 3.74. The number of carbonyl (C=O) groups is 2. The lowest BCUT2D eigenvalue weighted by Crippen LogP contribution is -2.42. The lowest BCUT2D eigenvalue weighted by atomic mass is 10.0. The molecule has 1 aromatic carbocycles. The third-order valence-electron chi connectivity index (χ3n) is 3.74. The molecule has 0 aliphatic carbocycles. The van der Waals surface area contributed by atoms with E-state index in [9.17, 15) is 14.0 Å². The molecule has 1 heterocycles. The predicted molar refractivity (Wildman–Crippen MR) is 82.7 cm³/mol. The molecular weight excluding hydrogens is 301 g/mol. The van der Waals surface area contributed by atoms with Crippen molar-refractivity contribution in [1.29, 1.82) is 0 Å². The molecule has 2 unspecified atom stereocenters. The van der Waals surface area contributed by atoms with Gasteiger partial charge in [0.25, 0.3) is 0 Å². The number of esters is 1. The van der Waals surface area contributed by atoms with Gasteiger partial charge in [0.1, 0.15) is 5.82 Å². The number of hydrogen-bond acceptors (Lipinski definition) is 5. The maximum atomic E-state index is 13.0. The van der Waals surface area contributed by atoms with E-state index in [0.717, 1.165) is 19.4 Å². The lowest BCUT2D eigenvalue weighted by Gasteiger charge is -2.19. The van der Waals surface area contributed by atoms with Gasteiger partial charge in [0, 0.05) is 18.7 Å². The first-order chi connectivity index (χ1) is 11.1. The molecule has 1 aromatic rings. The minimum absolute atomic E-state index is 0.0562. The predicted octanol–water partition coefficient (Wildman–Crippen LogP) is 2.10. The SMILES string of the molecule is CCOC(=O)CC(NCC1CCCO1)C(=O)c1ccc(F)cc1. The van der Waals surface area contributed by atoms with Crippen molar-refractivity contribution in [2.24, 2.45) is 0 Å². The second-order valence-electron chi connectivity index (χ2n) is 5.48. The second-order valence-corrected chi connectivity index (χ2v) is 5.48. The van der Waals surface area contributed by atoms with Crippen LogP contribution in [0.1, 0.15) is 36.5 Å². The van der Waals surface area contributed by atoms with Crippen molar-refractivity contribution in [2.45, 2.75) is 38.3 Å². The Labute approximate surface area is 135 Å².